The van der Waals surface area contributed by atoms with Crippen molar-refractivity contribution in [2.24, 2.45) is 4.99 Å². The van der Waals surface area contributed by atoms with E-state index in [0.29, 0.717) is 23.8 Å². The lowest BCUT2D eigenvalue weighted by Gasteiger charge is -2.19. The SMILES string of the molecule is CCNC(=NCCCN1CCCCCC1)NCCOc1ccc(S(C)(=O)=O)cc1.I. The van der Waals surface area contributed by atoms with Crippen LogP contribution in [0.4, 0.5) is 0 Å². The monoisotopic (exact) mass is 552 g/mol. The molecule has 2 N–H and O–H groups in total. The van der Waals surface area contributed by atoms with Crippen molar-refractivity contribution < 1.29 is 13.2 Å². The van der Waals surface area contributed by atoms with E-state index in [1.54, 1.807) is 24.3 Å². The Balaban J connectivity index is 0.00000450. The number of likely N-dealkylation sites (tertiary alicyclic amines) is 1. The van der Waals surface area contributed by atoms with Crippen LogP contribution in [0.2, 0.25) is 0 Å². The molecule has 0 aliphatic carbocycles. The first kappa shape index (κ1) is 27.0. The van der Waals surface area contributed by atoms with Gasteiger partial charge in [-0.2, -0.15) is 0 Å². The van der Waals surface area contributed by atoms with E-state index in [1.165, 1.54) is 45.0 Å². The molecule has 0 aromatic heterocycles. The zero-order valence-electron chi connectivity index (χ0n) is 18.2. The largest absolute Gasteiger partial charge is 0.492 e. The van der Waals surface area contributed by atoms with Crippen molar-refractivity contribution in [2.75, 3.05) is 52.1 Å². The van der Waals surface area contributed by atoms with Crippen LogP contribution in [0.3, 0.4) is 0 Å². The van der Waals surface area contributed by atoms with Gasteiger partial charge in [-0.15, -0.1) is 24.0 Å². The molecular formula is C21H37IN4O3S. The van der Waals surface area contributed by atoms with Crippen molar-refractivity contribution in [1.82, 2.24) is 15.5 Å². The van der Waals surface area contributed by atoms with Crippen molar-refractivity contribution in [3.05, 3.63) is 24.3 Å². The molecule has 1 aliphatic rings. The molecule has 0 saturated carbocycles. The van der Waals surface area contributed by atoms with Crippen molar-refractivity contribution in [2.45, 2.75) is 43.9 Å². The Morgan fingerprint density at radius 3 is 2.37 bits per heavy atom. The maximum Gasteiger partial charge on any atom is 0.191 e. The van der Waals surface area contributed by atoms with E-state index in [4.69, 9.17) is 4.74 Å². The predicted molar refractivity (Wildman–Crippen MR) is 134 cm³/mol. The summed E-state index contributed by atoms with van der Waals surface area (Å²) in [5.74, 6) is 1.46. The Kier molecular flexibility index (Phi) is 13.3. The van der Waals surface area contributed by atoms with Gasteiger partial charge in [-0.1, -0.05) is 12.8 Å². The summed E-state index contributed by atoms with van der Waals surface area (Å²) in [6, 6.07) is 6.49. The molecule has 0 atom stereocenters. The summed E-state index contributed by atoms with van der Waals surface area (Å²) in [5, 5.41) is 6.54. The van der Waals surface area contributed by atoms with E-state index in [1.807, 2.05) is 6.92 Å². The molecule has 7 nitrogen and oxygen atoms in total. The normalized spacial score (nSPS) is 15.7. The molecule has 2 rings (SSSR count). The molecule has 0 unspecified atom stereocenters. The van der Waals surface area contributed by atoms with E-state index in [0.717, 1.165) is 32.0 Å². The number of nitrogens with one attached hydrogen (secondary N) is 2. The standard InChI is InChI=1S/C21H36N4O3S.HI/c1-3-22-21(23-13-8-17-25-15-6-4-5-7-16-25)24-14-18-28-19-9-11-20(12-10-19)29(2,26)27;/h9-12H,3-8,13-18H2,1-2H3,(H2,22,23,24);1H. The van der Waals surface area contributed by atoms with Crippen LogP contribution in [0.25, 0.3) is 0 Å². The number of nitrogens with zero attached hydrogens (tertiary/aromatic N) is 2. The molecule has 1 fully saturated rings. The van der Waals surface area contributed by atoms with Gasteiger partial charge in [0.1, 0.15) is 12.4 Å². The van der Waals surface area contributed by atoms with Gasteiger partial charge in [-0.25, -0.2) is 8.42 Å². The topological polar surface area (TPSA) is 83.0 Å². The molecule has 1 aromatic carbocycles. The first-order valence-electron chi connectivity index (χ1n) is 10.7. The van der Waals surface area contributed by atoms with Crippen LogP contribution in [0, 0.1) is 0 Å². The quantitative estimate of drug-likeness (QED) is 0.201. The molecule has 172 valence electrons. The van der Waals surface area contributed by atoms with Gasteiger partial charge in [0.05, 0.1) is 11.4 Å². The van der Waals surface area contributed by atoms with Gasteiger partial charge in [-0.05, 0) is 70.1 Å². The summed E-state index contributed by atoms with van der Waals surface area (Å²) in [4.78, 5) is 7.51. The van der Waals surface area contributed by atoms with Crippen molar-refractivity contribution in [1.29, 1.82) is 0 Å². The maximum atomic E-state index is 11.5. The Bertz CT molecular complexity index is 718. The first-order chi connectivity index (χ1) is 14.0. The predicted octanol–water partition coefficient (Wildman–Crippen LogP) is 2.91. The lowest BCUT2D eigenvalue weighted by Crippen LogP contribution is -2.39. The number of sulfone groups is 1. The third kappa shape index (κ3) is 10.8. The summed E-state index contributed by atoms with van der Waals surface area (Å²) in [7, 11) is -3.18. The van der Waals surface area contributed by atoms with Crippen molar-refractivity contribution in [3.63, 3.8) is 0 Å². The average molecular weight is 553 g/mol. The average Bonchev–Trinajstić information content (AvgIpc) is 2.97. The smallest absolute Gasteiger partial charge is 0.191 e. The van der Waals surface area contributed by atoms with Crippen LogP contribution >= 0.6 is 24.0 Å². The van der Waals surface area contributed by atoms with Crippen LogP contribution in [0.5, 0.6) is 5.75 Å². The second-order valence-electron chi connectivity index (χ2n) is 7.39. The number of guanidine groups is 1. The Morgan fingerprint density at radius 2 is 1.77 bits per heavy atom. The zero-order valence-corrected chi connectivity index (χ0v) is 21.4. The number of ether oxygens (including phenoxy) is 1. The van der Waals surface area contributed by atoms with Gasteiger partial charge in [0.2, 0.25) is 0 Å². The molecule has 1 aliphatic heterocycles. The summed E-state index contributed by atoms with van der Waals surface area (Å²) in [6.07, 6.45) is 7.65. The highest BCUT2D eigenvalue weighted by Gasteiger charge is 2.08. The summed E-state index contributed by atoms with van der Waals surface area (Å²) in [6.45, 7) is 8.33. The molecular weight excluding hydrogens is 515 g/mol. The van der Waals surface area contributed by atoms with E-state index in [-0.39, 0.29) is 24.0 Å². The van der Waals surface area contributed by atoms with Gasteiger partial charge in [0.15, 0.2) is 15.8 Å². The second-order valence-corrected chi connectivity index (χ2v) is 9.40. The van der Waals surface area contributed by atoms with Gasteiger partial charge in [0, 0.05) is 19.3 Å². The van der Waals surface area contributed by atoms with E-state index in [9.17, 15) is 8.42 Å². The molecule has 1 aromatic rings. The maximum absolute atomic E-state index is 11.5. The van der Waals surface area contributed by atoms with Crippen LogP contribution in [0.15, 0.2) is 34.2 Å². The fourth-order valence-electron chi connectivity index (χ4n) is 3.31. The third-order valence-electron chi connectivity index (χ3n) is 4.86. The van der Waals surface area contributed by atoms with Gasteiger partial charge in [0.25, 0.3) is 0 Å². The molecule has 0 amide bonds. The summed E-state index contributed by atoms with van der Waals surface area (Å²) in [5.41, 5.74) is 0. The van der Waals surface area contributed by atoms with Crippen LogP contribution in [0.1, 0.15) is 39.0 Å². The molecule has 1 heterocycles. The number of aliphatic imine (C=N–C) groups is 1. The zero-order chi connectivity index (χ0) is 21.0. The third-order valence-corrected chi connectivity index (χ3v) is 5.99. The minimum Gasteiger partial charge on any atom is -0.492 e. The highest BCUT2D eigenvalue weighted by Crippen LogP contribution is 2.15. The number of rotatable bonds is 10. The minimum atomic E-state index is -3.18. The van der Waals surface area contributed by atoms with Crippen molar-refractivity contribution in [3.8, 4) is 5.75 Å². The fraction of sp³-hybridized carbons (Fsp3) is 0.667. The van der Waals surface area contributed by atoms with Crippen LogP contribution in [-0.4, -0.2) is 71.4 Å². The Hall–Kier alpha value is -1.07. The molecule has 0 spiro atoms. The Morgan fingerprint density at radius 1 is 1.10 bits per heavy atom. The second kappa shape index (κ2) is 14.9. The number of benzene rings is 1. The molecule has 0 radical (unpaired) electrons. The van der Waals surface area contributed by atoms with E-state index >= 15 is 0 Å². The number of halogens is 1. The number of hydrogen-bond acceptors (Lipinski definition) is 5. The van der Waals surface area contributed by atoms with Crippen LogP contribution in [-0.2, 0) is 9.84 Å². The van der Waals surface area contributed by atoms with Gasteiger partial charge in [-0.3, -0.25) is 4.99 Å². The molecule has 30 heavy (non-hydrogen) atoms. The summed E-state index contributed by atoms with van der Waals surface area (Å²) < 4.78 is 28.6. The summed E-state index contributed by atoms with van der Waals surface area (Å²) >= 11 is 0. The lowest BCUT2D eigenvalue weighted by atomic mass is 10.2. The van der Waals surface area contributed by atoms with Crippen LogP contribution < -0.4 is 15.4 Å². The highest BCUT2D eigenvalue weighted by atomic mass is 127. The molecule has 1 saturated heterocycles. The minimum absolute atomic E-state index is 0. The van der Waals surface area contributed by atoms with Gasteiger partial charge >= 0.3 is 0 Å². The lowest BCUT2D eigenvalue weighted by molar-refractivity contribution is 0.283. The van der Waals surface area contributed by atoms with E-state index in [2.05, 4.69) is 20.5 Å². The highest BCUT2D eigenvalue weighted by molar-refractivity contribution is 14.0. The molecule has 0 bridgehead atoms. The Labute approximate surface area is 199 Å². The first-order valence-corrected chi connectivity index (χ1v) is 12.6. The number of hydrogen-bond donors (Lipinski definition) is 2. The fourth-order valence-corrected chi connectivity index (χ4v) is 3.94. The van der Waals surface area contributed by atoms with Crippen molar-refractivity contribution >= 4 is 39.8 Å². The molecule has 9 heteroatoms. The van der Waals surface area contributed by atoms with Gasteiger partial charge < -0.3 is 20.3 Å². The van der Waals surface area contributed by atoms with E-state index < -0.39 is 9.84 Å².